The van der Waals surface area contributed by atoms with Crippen molar-refractivity contribution in [2.24, 2.45) is 45.3 Å². The molecule has 5 fully saturated rings. The number of pyridine rings is 2. The fraction of sp³-hybridized carbons (Fsp3) is 0.556. The Labute approximate surface area is 486 Å². The van der Waals surface area contributed by atoms with Gasteiger partial charge in [-0.25, -0.2) is 24.5 Å². The lowest BCUT2D eigenvalue weighted by Crippen LogP contribution is -2.43. The summed E-state index contributed by atoms with van der Waals surface area (Å²) in [7, 11) is 0. The predicted molar refractivity (Wildman–Crippen MR) is 319 cm³/mol. The first-order valence-electron chi connectivity index (χ1n) is 29.8. The van der Waals surface area contributed by atoms with Gasteiger partial charge in [0.2, 0.25) is 11.4 Å². The quantitative estimate of drug-likeness (QED) is 0.114. The van der Waals surface area contributed by atoms with E-state index in [9.17, 15) is 19.8 Å². The maximum absolute atomic E-state index is 13.1. The van der Waals surface area contributed by atoms with Crippen LogP contribution in [0.3, 0.4) is 0 Å². The van der Waals surface area contributed by atoms with Crippen LogP contribution in [0, 0.1) is 36.8 Å². The summed E-state index contributed by atoms with van der Waals surface area (Å²) in [5, 5.41) is 43.3. The number of hydrogen-bond donors (Lipinski definition) is 5. The van der Waals surface area contributed by atoms with Crippen molar-refractivity contribution in [3.05, 3.63) is 127 Å². The number of amides is 1. The second kappa shape index (κ2) is 26.5. The van der Waals surface area contributed by atoms with Gasteiger partial charge in [-0.15, -0.1) is 0 Å². The van der Waals surface area contributed by atoms with Crippen molar-refractivity contribution >= 4 is 69.3 Å². The molecule has 18 heteroatoms. The van der Waals surface area contributed by atoms with Crippen molar-refractivity contribution in [3.8, 4) is 0 Å². The first kappa shape index (κ1) is 58.2. The zero-order chi connectivity index (χ0) is 56.7. The SMILES string of the molecule is N[C@H]1CCCC[C@@H]1N.OC1CCCCC1.[C-]#[N+]c1ccc(N2N=C3c4ccc(C(=O)N5CCC(O)CC5)nc4CC[C@@H]3[C@@H]2C2CCCC2)cc1Cl.[C-]#[N+]c1ccc(N2N=C3c4ccc(C(=O)O)nc4CC[C@@H]3[C@@H]2C2CCCC2)cc1Cl. The van der Waals surface area contributed by atoms with Gasteiger partial charge in [-0.2, -0.15) is 10.2 Å². The number of hydrogen-bond acceptors (Lipinski definition) is 12. The molecule has 1 amide bonds. The van der Waals surface area contributed by atoms with E-state index < -0.39 is 5.97 Å². The van der Waals surface area contributed by atoms with Crippen molar-refractivity contribution < 1.29 is 24.9 Å². The van der Waals surface area contributed by atoms with Gasteiger partial charge in [0.05, 0.1) is 71.6 Å². The molecular weight excluding hydrogens is 1060 g/mol. The van der Waals surface area contributed by atoms with E-state index >= 15 is 0 Å². The number of aromatic nitrogens is 2. The molecule has 2 aromatic carbocycles. The van der Waals surface area contributed by atoms with Crippen molar-refractivity contribution in [3.63, 3.8) is 0 Å². The average molecular weight is 1140 g/mol. The number of halogens is 2. The fourth-order valence-electron chi connectivity index (χ4n) is 14.0. The Morgan fingerprint density at radius 2 is 0.963 bits per heavy atom. The molecule has 0 radical (unpaired) electrons. The molecule has 2 aromatic heterocycles. The number of nitrogens with zero attached hydrogens (tertiary/aromatic N) is 9. The predicted octanol–water partition coefficient (Wildman–Crippen LogP) is 12.1. The first-order chi connectivity index (χ1) is 39.3. The van der Waals surface area contributed by atoms with Gasteiger partial charge in [0, 0.05) is 58.2 Å². The summed E-state index contributed by atoms with van der Waals surface area (Å²) < 4.78 is 0. The number of benzene rings is 2. The molecule has 5 heterocycles. The fourth-order valence-corrected chi connectivity index (χ4v) is 14.5. The third-order valence-corrected chi connectivity index (χ3v) is 19.1. The number of nitrogens with two attached hydrogens (primary N) is 2. The summed E-state index contributed by atoms with van der Waals surface area (Å²) in [5.41, 5.74) is 20.4. The number of carboxylic acids is 1. The Hall–Kier alpha value is -5.98. The number of aryl methyl sites for hydroxylation is 2. The Bertz CT molecular complexity index is 3050. The Kier molecular flexibility index (Phi) is 19.1. The molecule has 0 spiro atoms. The van der Waals surface area contributed by atoms with Crippen LogP contribution in [-0.4, -0.2) is 103 Å². The molecule has 1 saturated heterocycles. The second-order valence-corrected chi connectivity index (χ2v) is 24.4. The number of carbonyl (C=O) groups is 2. The molecule has 4 aromatic rings. The molecule has 7 N–H and O–H groups in total. The summed E-state index contributed by atoms with van der Waals surface area (Å²) in [4.78, 5) is 42.4. The van der Waals surface area contributed by atoms with E-state index in [0.29, 0.717) is 70.8 Å². The van der Waals surface area contributed by atoms with Crippen molar-refractivity contribution in [2.45, 2.75) is 184 Å². The van der Waals surface area contributed by atoms with Crippen molar-refractivity contribution in [1.29, 1.82) is 0 Å². The van der Waals surface area contributed by atoms with Crippen LogP contribution in [-0.2, 0) is 12.8 Å². The number of aromatic carboxylic acids is 1. The van der Waals surface area contributed by atoms with Crippen LogP contribution in [0.1, 0.15) is 178 Å². The van der Waals surface area contributed by atoms with Gasteiger partial charge in [0.25, 0.3) is 5.91 Å². The number of aliphatic hydroxyl groups is 2. The molecular formula is C63H77Cl2N11O5. The monoisotopic (exact) mass is 1140 g/mol. The first-order valence-corrected chi connectivity index (χ1v) is 30.6. The Morgan fingerprint density at radius 1 is 0.543 bits per heavy atom. The van der Waals surface area contributed by atoms with E-state index in [2.05, 4.69) is 24.7 Å². The molecule has 81 heavy (non-hydrogen) atoms. The average Bonchev–Trinajstić information content (AvgIpc) is 3.82. The van der Waals surface area contributed by atoms with Gasteiger partial charge < -0.3 is 31.7 Å². The van der Waals surface area contributed by atoms with E-state index in [1.807, 2.05) is 42.5 Å². The minimum absolute atomic E-state index is 0.0359. The minimum atomic E-state index is -1.01. The van der Waals surface area contributed by atoms with Gasteiger partial charge in [0.15, 0.2) is 0 Å². The van der Waals surface area contributed by atoms with E-state index in [0.717, 1.165) is 96.7 Å². The normalized spacial score (nSPS) is 25.4. The minimum Gasteiger partial charge on any atom is -0.477 e. The lowest BCUT2D eigenvalue weighted by molar-refractivity contribution is 0.0540. The maximum atomic E-state index is 13.1. The highest BCUT2D eigenvalue weighted by atomic mass is 35.5. The van der Waals surface area contributed by atoms with Crippen LogP contribution in [0.4, 0.5) is 22.7 Å². The number of carbonyl (C=O) groups excluding carboxylic acids is 1. The van der Waals surface area contributed by atoms with E-state index in [-0.39, 0.29) is 53.9 Å². The highest BCUT2D eigenvalue weighted by Crippen LogP contribution is 2.47. The zero-order valence-corrected chi connectivity index (χ0v) is 47.8. The van der Waals surface area contributed by atoms with Gasteiger partial charge in [-0.1, -0.05) is 93.1 Å². The maximum Gasteiger partial charge on any atom is 0.354 e. The van der Waals surface area contributed by atoms with Crippen molar-refractivity contribution in [2.75, 3.05) is 23.1 Å². The Balaban J connectivity index is 0.000000146. The van der Waals surface area contributed by atoms with Gasteiger partial charge in [-0.05, 0) is 150 Å². The van der Waals surface area contributed by atoms with Crippen LogP contribution in [0.25, 0.3) is 9.69 Å². The molecule has 0 bridgehead atoms. The van der Waals surface area contributed by atoms with E-state index in [1.165, 1.54) is 83.5 Å². The largest absolute Gasteiger partial charge is 0.477 e. The molecule has 13 rings (SSSR count). The highest BCUT2D eigenvalue weighted by molar-refractivity contribution is 6.34. The lowest BCUT2D eigenvalue weighted by Gasteiger charge is -2.34. The standard InChI is InChI=1S/C28H30ClN5O2.C23H21ClN4O2.C6H14N2.C6H12O/c1-30-24-9-6-18(16-22(24)29)34-27(17-4-2-3-5-17)21-8-10-23-20(26(21)32-34)7-11-25(31-23)28(36)33-14-12-19(35)13-15-33;1-25-19-9-6-14(12-17(19)24)28-22(13-4-2-3-5-13)16-8-10-18-15(21(16)27-28)7-11-20(26-18)23(29)30;7-5-3-1-2-4-6(5)8;7-6-4-2-1-3-5-6/h6-7,9,11,16-17,19,21,27,35H,2-5,8,10,12-15H2;6-7,9,11-13,16,22H,2-5,8,10H2,(H,29,30);5-6H,1-4,7-8H2;6-7H,1-5H2/t21-,27-;16-,22-;5-,6-;/m000./s1. The third-order valence-electron chi connectivity index (χ3n) is 18.4. The van der Waals surface area contributed by atoms with Gasteiger partial charge >= 0.3 is 5.97 Å². The topological polar surface area (TPSA) is 216 Å². The molecule has 16 nitrogen and oxygen atoms in total. The van der Waals surface area contributed by atoms with Crippen LogP contribution in [0.5, 0.6) is 0 Å². The van der Waals surface area contributed by atoms with Crippen LogP contribution < -0.4 is 21.5 Å². The molecule has 4 saturated carbocycles. The van der Waals surface area contributed by atoms with Crippen LogP contribution in [0.15, 0.2) is 70.9 Å². The number of fused-ring (bicyclic) bond motifs is 6. The number of carboxylic acid groups (broad SMARTS) is 1. The highest BCUT2D eigenvalue weighted by Gasteiger charge is 2.48. The van der Waals surface area contributed by atoms with Crippen molar-refractivity contribution in [1.82, 2.24) is 14.9 Å². The van der Waals surface area contributed by atoms with Gasteiger partial charge in [-0.3, -0.25) is 14.8 Å². The number of aliphatic hydroxyl groups excluding tert-OH is 2. The van der Waals surface area contributed by atoms with Crippen LogP contribution >= 0.6 is 23.2 Å². The summed E-state index contributed by atoms with van der Waals surface area (Å²) >= 11 is 12.8. The molecule has 0 unspecified atom stereocenters. The Morgan fingerprint density at radius 3 is 1.37 bits per heavy atom. The van der Waals surface area contributed by atoms with E-state index in [1.54, 1.807) is 23.1 Å². The zero-order valence-electron chi connectivity index (χ0n) is 46.3. The van der Waals surface area contributed by atoms with E-state index in [4.69, 9.17) is 68.1 Å². The number of anilines is 2. The third kappa shape index (κ3) is 13.1. The molecule has 6 atom stereocenters. The molecule has 9 aliphatic rings. The van der Waals surface area contributed by atoms with Gasteiger partial charge in [0.1, 0.15) is 11.4 Å². The second-order valence-electron chi connectivity index (χ2n) is 23.6. The van der Waals surface area contributed by atoms with Crippen LogP contribution in [0.2, 0.25) is 10.0 Å². The molecule has 428 valence electrons. The number of likely N-dealkylation sites (tertiary alicyclic amines) is 1. The number of piperidine rings is 1. The number of rotatable bonds is 6. The summed E-state index contributed by atoms with van der Waals surface area (Å²) in [6.45, 7) is 15.7. The molecule has 3 aliphatic heterocycles. The molecule has 6 aliphatic carbocycles. The smallest absolute Gasteiger partial charge is 0.354 e. The number of hydrazone groups is 2. The summed E-state index contributed by atoms with van der Waals surface area (Å²) in [6.07, 6.45) is 24.9. The summed E-state index contributed by atoms with van der Waals surface area (Å²) in [5.74, 6) is 0.668. The lowest BCUT2D eigenvalue weighted by atomic mass is 9.76. The summed E-state index contributed by atoms with van der Waals surface area (Å²) in [6, 6.07) is 19.5.